The maximum absolute atomic E-state index is 14.7. The smallest absolute Gasteiger partial charge is 0.272 e. The normalized spacial score (nSPS) is 14.2. The van der Waals surface area contributed by atoms with Crippen LogP contribution in [-0.4, -0.2) is 58.0 Å². The number of nitrogens with zero attached hydrogens (tertiary/aromatic N) is 3. The Morgan fingerprint density at radius 2 is 1.58 bits per heavy atom. The molecule has 1 aliphatic rings. The van der Waals surface area contributed by atoms with Crippen LogP contribution >= 0.6 is 0 Å². The van der Waals surface area contributed by atoms with Gasteiger partial charge in [-0.1, -0.05) is 32.9 Å². The number of nitrogens with one attached hydrogen (secondary N) is 1. The number of carbonyl (C=O) groups is 2. The molecule has 0 spiro atoms. The van der Waals surface area contributed by atoms with Gasteiger partial charge in [0.15, 0.2) is 0 Å². The Morgan fingerprint density at radius 1 is 0.972 bits per heavy atom. The van der Waals surface area contributed by atoms with Gasteiger partial charge in [0.2, 0.25) is 11.8 Å². The molecule has 0 radical (unpaired) electrons. The van der Waals surface area contributed by atoms with E-state index >= 15 is 0 Å². The third kappa shape index (κ3) is 4.69. The summed E-state index contributed by atoms with van der Waals surface area (Å²) in [6, 6.07) is 10.8. The van der Waals surface area contributed by atoms with E-state index in [1.54, 1.807) is 29.2 Å². The number of aromatic nitrogens is 2. The van der Waals surface area contributed by atoms with Crippen molar-refractivity contribution in [2.24, 2.45) is 5.41 Å². The molecule has 4 rings (SSSR count). The fourth-order valence-corrected chi connectivity index (χ4v) is 4.83. The highest BCUT2D eigenvalue weighted by Crippen LogP contribution is 2.33. The zero-order valence-electron chi connectivity index (χ0n) is 20.8. The van der Waals surface area contributed by atoms with Gasteiger partial charge in [0.25, 0.3) is 11.5 Å². The van der Waals surface area contributed by atoms with Gasteiger partial charge < -0.3 is 14.5 Å². The van der Waals surface area contributed by atoms with E-state index < -0.39 is 11.7 Å². The monoisotopic (exact) mass is 494 g/mol. The molecule has 2 heterocycles. The fourth-order valence-electron chi connectivity index (χ4n) is 4.83. The molecule has 0 saturated carbocycles. The average Bonchev–Trinajstić information content (AvgIpc) is 2.92. The molecule has 0 aliphatic carbocycles. The van der Waals surface area contributed by atoms with Crippen molar-refractivity contribution in [1.29, 1.82) is 0 Å². The van der Waals surface area contributed by atoms with Gasteiger partial charge in [0, 0.05) is 31.6 Å². The number of carbonyl (C=O) groups excluding carboxylic acids is 2. The molecule has 1 saturated heterocycles. The van der Waals surface area contributed by atoms with Crippen LogP contribution in [0.5, 0.6) is 11.6 Å². The number of benzene rings is 2. The van der Waals surface area contributed by atoms with E-state index in [4.69, 9.17) is 4.74 Å². The van der Waals surface area contributed by atoms with Crippen molar-refractivity contribution in [2.45, 2.75) is 40.0 Å². The van der Waals surface area contributed by atoms with Crippen molar-refractivity contribution in [3.05, 3.63) is 64.2 Å². The molecule has 1 aliphatic heterocycles. The molecule has 3 aromatic rings. The summed E-state index contributed by atoms with van der Waals surface area (Å²) in [4.78, 5) is 41.8. The summed E-state index contributed by atoms with van der Waals surface area (Å²) in [5.74, 6) is -0.626. The Kier molecular flexibility index (Phi) is 7.37. The Labute approximate surface area is 209 Å². The van der Waals surface area contributed by atoms with E-state index in [1.807, 2.05) is 25.7 Å². The summed E-state index contributed by atoms with van der Waals surface area (Å²) in [7, 11) is 0. The van der Waals surface area contributed by atoms with Crippen LogP contribution in [0.1, 0.15) is 50.4 Å². The number of piperazine rings is 1. The van der Waals surface area contributed by atoms with E-state index in [9.17, 15) is 18.8 Å². The molecular weight excluding hydrogens is 463 g/mol. The zero-order valence-corrected chi connectivity index (χ0v) is 20.8. The summed E-state index contributed by atoms with van der Waals surface area (Å²) in [5.41, 5.74) is -0.838. The first kappa shape index (κ1) is 25.3. The van der Waals surface area contributed by atoms with E-state index in [2.05, 4.69) is 10.2 Å². The lowest BCUT2D eigenvalue weighted by molar-refractivity contribution is -0.144. The number of fused-ring (bicyclic) bond motifs is 1. The molecule has 1 fully saturated rings. The van der Waals surface area contributed by atoms with Gasteiger partial charge in [-0.15, -0.1) is 5.10 Å². The molecule has 9 heteroatoms. The maximum atomic E-state index is 14.7. The third-order valence-electron chi connectivity index (χ3n) is 7.38. The number of hydrogen-bond donors (Lipinski definition) is 1. The Balaban J connectivity index is 1.50. The standard InChI is InChI=1S/C27H31FN4O4/c1-4-27(5-2,6-3)26(35)32-15-13-31(14-16-32)25(34)21-17-18(11-12-22(21)28)36-24-20-10-8-7-9-19(20)23(33)29-30-24/h7-12,17H,4-6,13-16H2,1-3H3,(H,29,33). The van der Waals surface area contributed by atoms with Crippen LogP contribution in [-0.2, 0) is 4.79 Å². The number of halogens is 1. The van der Waals surface area contributed by atoms with Crippen LogP contribution in [0.25, 0.3) is 10.8 Å². The van der Waals surface area contributed by atoms with Gasteiger partial charge in [-0.3, -0.25) is 14.4 Å². The highest BCUT2D eigenvalue weighted by Gasteiger charge is 2.38. The fraction of sp³-hybridized carbons (Fsp3) is 0.407. The van der Waals surface area contributed by atoms with Gasteiger partial charge in [-0.25, -0.2) is 9.49 Å². The van der Waals surface area contributed by atoms with Crippen LogP contribution in [0.3, 0.4) is 0 Å². The van der Waals surface area contributed by atoms with Crippen LogP contribution in [0, 0.1) is 11.2 Å². The molecular formula is C27H31FN4O4. The summed E-state index contributed by atoms with van der Waals surface area (Å²) in [6.45, 7) is 7.59. The van der Waals surface area contributed by atoms with Crippen LogP contribution < -0.4 is 10.3 Å². The van der Waals surface area contributed by atoms with E-state index in [1.165, 1.54) is 18.2 Å². The molecule has 0 atom stereocenters. The van der Waals surface area contributed by atoms with E-state index in [-0.39, 0.29) is 34.1 Å². The highest BCUT2D eigenvalue weighted by atomic mass is 19.1. The van der Waals surface area contributed by atoms with Gasteiger partial charge in [-0.2, -0.15) is 0 Å². The van der Waals surface area contributed by atoms with E-state index in [0.717, 1.165) is 19.3 Å². The predicted molar refractivity (Wildman–Crippen MR) is 135 cm³/mol. The summed E-state index contributed by atoms with van der Waals surface area (Å²) in [6.07, 6.45) is 2.32. The number of hydrogen-bond acceptors (Lipinski definition) is 5. The van der Waals surface area contributed by atoms with Crippen LogP contribution in [0.2, 0.25) is 0 Å². The lowest BCUT2D eigenvalue weighted by atomic mass is 9.78. The molecule has 36 heavy (non-hydrogen) atoms. The molecule has 1 N–H and O–H groups in total. The Morgan fingerprint density at radius 3 is 2.22 bits per heavy atom. The predicted octanol–water partition coefficient (Wildman–Crippen LogP) is 4.36. The van der Waals surface area contributed by atoms with Crippen LogP contribution in [0.15, 0.2) is 47.3 Å². The number of aromatic amines is 1. The van der Waals surface area contributed by atoms with Crippen LogP contribution in [0.4, 0.5) is 4.39 Å². The van der Waals surface area contributed by atoms with Crippen molar-refractivity contribution in [3.63, 3.8) is 0 Å². The zero-order chi connectivity index (χ0) is 25.9. The summed E-state index contributed by atoms with van der Waals surface area (Å²) < 4.78 is 20.5. The topological polar surface area (TPSA) is 95.6 Å². The molecule has 190 valence electrons. The summed E-state index contributed by atoms with van der Waals surface area (Å²) >= 11 is 0. The molecule has 0 unspecified atom stereocenters. The lowest BCUT2D eigenvalue weighted by Crippen LogP contribution is -2.54. The van der Waals surface area contributed by atoms with Crippen molar-refractivity contribution < 1.29 is 18.7 Å². The van der Waals surface area contributed by atoms with Crippen molar-refractivity contribution in [1.82, 2.24) is 20.0 Å². The Bertz CT molecular complexity index is 1320. The number of rotatable bonds is 7. The van der Waals surface area contributed by atoms with E-state index in [0.29, 0.717) is 37.0 Å². The second-order valence-electron chi connectivity index (χ2n) is 9.07. The molecule has 2 amide bonds. The minimum Gasteiger partial charge on any atom is -0.437 e. The molecule has 0 bridgehead atoms. The molecule has 2 aromatic carbocycles. The molecule has 1 aromatic heterocycles. The third-order valence-corrected chi connectivity index (χ3v) is 7.38. The van der Waals surface area contributed by atoms with Crippen molar-refractivity contribution >= 4 is 22.6 Å². The van der Waals surface area contributed by atoms with Gasteiger partial charge in [-0.05, 0) is 49.6 Å². The largest absolute Gasteiger partial charge is 0.437 e. The minimum atomic E-state index is -0.660. The number of amides is 2. The van der Waals surface area contributed by atoms with Crippen molar-refractivity contribution in [3.8, 4) is 11.6 Å². The first-order valence-electron chi connectivity index (χ1n) is 12.4. The minimum absolute atomic E-state index is 0.119. The van der Waals surface area contributed by atoms with Gasteiger partial charge >= 0.3 is 0 Å². The second-order valence-corrected chi connectivity index (χ2v) is 9.07. The maximum Gasteiger partial charge on any atom is 0.272 e. The van der Waals surface area contributed by atoms with Gasteiger partial charge in [0.1, 0.15) is 11.6 Å². The lowest BCUT2D eigenvalue weighted by Gasteiger charge is -2.40. The Hall–Kier alpha value is -3.75. The van der Waals surface area contributed by atoms with Gasteiger partial charge in [0.05, 0.1) is 16.3 Å². The first-order valence-corrected chi connectivity index (χ1v) is 12.4. The summed E-state index contributed by atoms with van der Waals surface area (Å²) in [5, 5.41) is 7.27. The quantitative estimate of drug-likeness (QED) is 0.527. The van der Waals surface area contributed by atoms with Crippen molar-refractivity contribution in [2.75, 3.05) is 26.2 Å². The number of H-pyrrole nitrogens is 1. The number of ether oxygens (including phenoxy) is 1. The first-order chi connectivity index (χ1) is 17.3. The second kappa shape index (κ2) is 10.5. The molecule has 8 nitrogen and oxygen atoms in total. The highest BCUT2D eigenvalue weighted by molar-refractivity contribution is 5.95. The SMILES string of the molecule is CCC(CC)(CC)C(=O)N1CCN(C(=O)c2cc(Oc3n[nH]c(=O)c4ccccc34)ccc2F)CC1. The average molecular weight is 495 g/mol.